The molecule has 0 saturated heterocycles. The zero-order valence-corrected chi connectivity index (χ0v) is 10.5. The monoisotopic (exact) mass is 280 g/mol. The number of nitrogens with zero attached hydrogens (tertiary/aromatic N) is 1. The molecule has 0 bridgehead atoms. The second-order valence-corrected chi connectivity index (χ2v) is 4.56. The van der Waals surface area contributed by atoms with E-state index in [1.54, 1.807) is 0 Å². The average Bonchev–Trinajstić information content (AvgIpc) is 2.17. The molecule has 0 aliphatic carbocycles. The molecule has 0 aliphatic rings. The van der Waals surface area contributed by atoms with Gasteiger partial charge < -0.3 is 4.98 Å². The quantitative estimate of drug-likeness (QED) is 0.804. The molecular formula is C11H9BrN2S. The molecule has 0 aliphatic heterocycles. The van der Waals surface area contributed by atoms with Gasteiger partial charge in [-0.05, 0) is 30.7 Å². The minimum atomic E-state index is 0.615. The fourth-order valence-electron chi connectivity index (χ4n) is 1.36. The minimum absolute atomic E-state index is 0.615. The van der Waals surface area contributed by atoms with Gasteiger partial charge in [-0.25, -0.2) is 4.98 Å². The van der Waals surface area contributed by atoms with E-state index in [-0.39, 0.29) is 0 Å². The molecule has 15 heavy (non-hydrogen) atoms. The fraction of sp³-hybridized carbons (Fsp3) is 0.0909. The molecule has 4 heteroatoms. The third kappa shape index (κ3) is 2.52. The van der Waals surface area contributed by atoms with Gasteiger partial charge in [-0.1, -0.05) is 40.3 Å². The van der Waals surface area contributed by atoms with Gasteiger partial charge in [0.1, 0.15) is 10.5 Å². The topological polar surface area (TPSA) is 28.7 Å². The summed E-state index contributed by atoms with van der Waals surface area (Å²) in [5.41, 5.74) is 2.11. The van der Waals surface area contributed by atoms with Crippen molar-refractivity contribution in [1.29, 1.82) is 0 Å². The summed E-state index contributed by atoms with van der Waals surface area (Å²) in [5.74, 6) is 0.834. The first-order chi connectivity index (χ1) is 7.15. The van der Waals surface area contributed by atoms with Crippen LogP contribution in [0.1, 0.15) is 5.82 Å². The molecule has 0 fully saturated rings. The van der Waals surface area contributed by atoms with E-state index in [2.05, 4.69) is 25.9 Å². The lowest BCUT2D eigenvalue weighted by molar-refractivity contribution is 1.05. The van der Waals surface area contributed by atoms with Crippen LogP contribution in [0.3, 0.4) is 0 Å². The first kappa shape index (κ1) is 10.5. The fourth-order valence-corrected chi connectivity index (χ4v) is 1.88. The number of aromatic nitrogens is 2. The maximum Gasteiger partial charge on any atom is 0.130 e. The molecule has 76 valence electrons. The van der Waals surface area contributed by atoms with Crippen LogP contribution in [0.25, 0.3) is 11.3 Å². The first-order valence-corrected chi connectivity index (χ1v) is 5.69. The number of aryl methyl sites for hydroxylation is 1. The van der Waals surface area contributed by atoms with E-state index < -0.39 is 0 Å². The molecule has 1 aromatic heterocycles. The van der Waals surface area contributed by atoms with Gasteiger partial charge in [-0.15, -0.1) is 0 Å². The molecule has 0 atom stereocenters. The summed E-state index contributed by atoms with van der Waals surface area (Å²) in [6.07, 6.45) is 0. The van der Waals surface area contributed by atoms with E-state index in [0.717, 1.165) is 21.6 Å². The molecule has 0 unspecified atom stereocenters. The number of H-pyrrole nitrogens is 1. The summed E-state index contributed by atoms with van der Waals surface area (Å²) in [6, 6.07) is 9.93. The van der Waals surface area contributed by atoms with Crippen molar-refractivity contribution in [2.75, 3.05) is 0 Å². The van der Waals surface area contributed by atoms with Crippen LogP contribution in [-0.4, -0.2) is 9.97 Å². The van der Waals surface area contributed by atoms with Crippen LogP contribution in [0.15, 0.2) is 34.8 Å². The van der Waals surface area contributed by atoms with Crippen LogP contribution < -0.4 is 0 Å². The zero-order valence-electron chi connectivity index (χ0n) is 8.12. The number of rotatable bonds is 1. The Labute approximate surface area is 102 Å². The Hall–Kier alpha value is -1.00. The van der Waals surface area contributed by atoms with Gasteiger partial charge in [0.2, 0.25) is 0 Å². The highest BCUT2D eigenvalue weighted by Gasteiger charge is 1.99. The molecule has 2 rings (SSSR count). The number of hydrogen-bond donors (Lipinski definition) is 1. The van der Waals surface area contributed by atoms with Crippen molar-refractivity contribution in [3.63, 3.8) is 0 Å². The number of hydrogen-bond acceptors (Lipinski definition) is 2. The summed E-state index contributed by atoms with van der Waals surface area (Å²) in [7, 11) is 0. The van der Waals surface area contributed by atoms with Gasteiger partial charge in [0.15, 0.2) is 0 Å². The Morgan fingerprint density at radius 2 is 1.93 bits per heavy atom. The molecular weight excluding hydrogens is 272 g/mol. The van der Waals surface area contributed by atoms with Crippen molar-refractivity contribution in [2.45, 2.75) is 6.92 Å². The Bertz CT molecular complexity index is 531. The highest BCUT2D eigenvalue weighted by atomic mass is 79.9. The van der Waals surface area contributed by atoms with E-state index in [9.17, 15) is 0 Å². The van der Waals surface area contributed by atoms with E-state index >= 15 is 0 Å². The van der Waals surface area contributed by atoms with Gasteiger partial charge in [0.05, 0.1) is 0 Å². The molecule has 2 nitrogen and oxygen atoms in total. The Balaban J connectivity index is 2.54. The van der Waals surface area contributed by atoms with E-state index in [1.165, 1.54) is 0 Å². The molecule has 0 amide bonds. The SMILES string of the molecule is Cc1nc(=S)cc(-c2ccc(Br)cc2)[nH]1. The minimum Gasteiger partial charge on any atom is -0.343 e. The summed E-state index contributed by atoms with van der Waals surface area (Å²) in [5, 5.41) is 0. The van der Waals surface area contributed by atoms with Crippen LogP contribution in [-0.2, 0) is 0 Å². The first-order valence-electron chi connectivity index (χ1n) is 4.49. The zero-order chi connectivity index (χ0) is 10.8. The lowest BCUT2D eigenvalue weighted by Crippen LogP contribution is -1.90. The largest absolute Gasteiger partial charge is 0.343 e. The Morgan fingerprint density at radius 1 is 1.27 bits per heavy atom. The molecule has 1 heterocycles. The van der Waals surface area contributed by atoms with Crippen LogP contribution in [0.4, 0.5) is 0 Å². The maximum absolute atomic E-state index is 5.07. The normalized spacial score (nSPS) is 10.3. The van der Waals surface area contributed by atoms with Crippen molar-refractivity contribution >= 4 is 28.1 Å². The second kappa shape index (κ2) is 4.24. The van der Waals surface area contributed by atoms with Gasteiger partial charge in [-0.2, -0.15) is 0 Å². The summed E-state index contributed by atoms with van der Waals surface area (Å²) in [4.78, 5) is 7.32. The molecule has 0 radical (unpaired) electrons. The highest BCUT2D eigenvalue weighted by molar-refractivity contribution is 9.10. The van der Waals surface area contributed by atoms with Gasteiger partial charge in [-0.3, -0.25) is 0 Å². The molecule has 1 aromatic carbocycles. The Kier molecular flexibility index (Phi) is 2.98. The predicted molar refractivity (Wildman–Crippen MR) is 67.3 cm³/mol. The van der Waals surface area contributed by atoms with Crippen molar-refractivity contribution in [2.24, 2.45) is 0 Å². The van der Waals surface area contributed by atoms with E-state index in [1.807, 2.05) is 37.3 Å². The molecule has 2 aromatic rings. The summed E-state index contributed by atoms with van der Waals surface area (Å²) < 4.78 is 1.68. The second-order valence-electron chi connectivity index (χ2n) is 3.23. The van der Waals surface area contributed by atoms with Crippen LogP contribution in [0, 0.1) is 11.6 Å². The van der Waals surface area contributed by atoms with Crippen LogP contribution in [0.2, 0.25) is 0 Å². The maximum atomic E-state index is 5.07. The Morgan fingerprint density at radius 3 is 2.53 bits per heavy atom. The number of benzene rings is 1. The average molecular weight is 281 g/mol. The highest BCUT2D eigenvalue weighted by Crippen LogP contribution is 2.19. The van der Waals surface area contributed by atoms with E-state index in [0.29, 0.717) is 4.64 Å². The lowest BCUT2D eigenvalue weighted by atomic mass is 10.1. The van der Waals surface area contributed by atoms with Crippen molar-refractivity contribution < 1.29 is 0 Å². The smallest absolute Gasteiger partial charge is 0.130 e. The molecule has 0 saturated carbocycles. The third-order valence-corrected chi connectivity index (χ3v) is 2.75. The number of nitrogens with one attached hydrogen (secondary N) is 1. The van der Waals surface area contributed by atoms with Gasteiger partial charge >= 0.3 is 0 Å². The molecule has 1 N–H and O–H groups in total. The van der Waals surface area contributed by atoms with E-state index in [4.69, 9.17) is 12.2 Å². The van der Waals surface area contributed by atoms with Crippen LogP contribution >= 0.6 is 28.1 Å². The van der Waals surface area contributed by atoms with Crippen molar-refractivity contribution in [3.8, 4) is 11.3 Å². The van der Waals surface area contributed by atoms with Gasteiger partial charge in [0, 0.05) is 10.2 Å². The summed E-state index contributed by atoms with van der Waals surface area (Å²) >= 11 is 8.48. The number of halogens is 1. The number of aromatic amines is 1. The summed E-state index contributed by atoms with van der Waals surface area (Å²) in [6.45, 7) is 1.90. The van der Waals surface area contributed by atoms with Gasteiger partial charge in [0.25, 0.3) is 0 Å². The third-order valence-electron chi connectivity index (χ3n) is 2.02. The van der Waals surface area contributed by atoms with Crippen molar-refractivity contribution in [3.05, 3.63) is 45.3 Å². The van der Waals surface area contributed by atoms with Crippen LogP contribution in [0.5, 0.6) is 0 Å². The van der Waals surface area contributed by atoms with Crippen molar-refractivity contribution in [1.82, 2.24) is 9.97 Å². The standard InChI is InChI=1S/C11H9BrN2S/c1-7-13-10(6-11(15)14-7)8-2-4-9(12)5-3-8/h2-6H,1H3,(H,13,14,15). The lowest BCUT2D eigenvalue weighted by Gasteiger charge is -2.03. The predicted octanol–water partition coefficient (Wildman–Crippen LogP) is 3.88. The molecule has 0 spiro atoms.